The molecule has 20 heavy (non-hydrogen) atoms. The fourth-order valence-electron chi connectivity index (χ4n) is 1.63. The van der Waals surface area contributed by atoms with Crippen LogP contribution in [0.15, 0.2) is 23.6 Å². The Balaban J connectivity index is 2.17. The van der Waals surface area contributed by atoms with Crippen LogP contribution in [0.3, 0.4) is 0 Å². The molecule has 0 spiro atoms. The van der Waals surface area contributed by atoms with Crippen molar-refractivity contribution in [3.8, 4) is 0 Å². The maximum atomic E-state index is 12.0. The standard InChI is InChI=1S/C13H13N3O3S/c1-7-4-8(13(18)19)2-3-9(7)16-12(17)10-6-20-11(5-14)15-10/h2-4,6H,5,14H2,1H3,(H,16,17)(H,18,19). The first-order chi connectivity index (χ1) is 9.51. The second kappa shape index (κ2) is 5.81. The molecule has 7 heteroatoms. The fraction of sp³-hybridized carbons (Fsp3) is 0.154. The monoisotopic (exact) mass is 291 g/mol. The summed E-state index contributed by atoms with van der Waals surface area (Å²) in [5, 5.41) is 13.9. The molecule has 1 aromatic heterocycles. The summed E-state index contributed by atoms with van der Waals surface area (Å²) in [5.41, 5.74) is 7.16. The van der Waals surface area contributed by atoms with Crippen LogP contribution in [0.5, 0.6) is 0 Å². The van der Waals surface area contributed by atoms with Crippen molar-refractivity contribution in [2.45, 2.75) is 13.5 Å². The van der Waals surface area contributed by atoms with Gasteiger partial charge >= 0.3 is 5.97 Å². The first-order valence-corrected chi connectivity index (χ1v) is 6.69. The van der Waals surface area contributed by atoms with Gasteiger partial charge in [-0.1, -0.05) is 0 Å². The molecule has 0 saturated heterocycles. The van der Waals surface area contributed by atoms with Crippen molar-refractivity contribution in [3.63, 3.8) is 0 Å². The van der Waals surface area contributed by atoms with Gasteiger partial charge in [-0.15, -0.1) is 11.3 Å². The minimum atomic E-state index is -1.00. The summed E-state index contributed by atoms with van der Waals surface area (Å²) < 4.78 is 0. The third-order valence-electron chi connectivity index (χ3n) is 2.68. The summed E-state index contributed by atoms with van der Waals surface area (Å²) >= 11 is 1.32. The third kappa shape index (κ3) is 3.01. The number of hydrogen-bond acceptors (Lipinski definition) is 5. The molecule has 1 heterocycles. The topological polar surface area (TPSA) is 105 Å². The lowest BCUT2D eigenvalue weighted by atomic mass is 10.1. The normalized spacial score (nSPS) is 10.3. The number of hydrogen-bond donors (Lipinski definition) is 3. The highest BCUT2D eigenvalue weighted by atomic mass is 32.1. The minimum Gasteiger partial charge on any atom is -0.478 e. The number of anilines is 1. The van der Waals surface area contributed by atoms with Gasteiger partial charge in [0.15, 0.2) is 0 Å². The molecular weight excluding hydrogens is 278 g/mol. The van der Waals surface area contributed by atoms with Gasteiger partial charge in [0.1, 0.15) is 10.7 Å². The van der Waals surface area contributed by atoms with E-state index in [2.05, 4.69) is 10.3 Å². The van der Waals surface area contributed by atoms with Crippen LogP contribution in [0.25, 0.3) is 0 Å². The molecule has 0 bridgehead atoms. The number of nitrogens with zero attached hydrogens (tertiary/aromatic N) is 1. The number of rotatable bonds is 4. The summed E-state index contributed by atoms with van der Waals surface area (Å²) in [6, 6.07) is 4.51. The van der Waals surface area contributed by atoms with Crippen molar-refractivity contribution < 1.29 is 14.7 Å². The molecule has 2 aromatic rings. The van der Waals surface area contributed by atoms with Gasteiger partial charge in [0.05, 0.1) is 5.56 Å². The summed E-state index contributed by atoms with van der Waals surface area (Å²) in [4.78, 5) is 26.9. The van der Waals surface area contributed by atoms with Crippen LogP contribution in [0.4, 0.5) is 5.69 Å². The molecule has 6 nitrogen and oxygen atoms in total. The Hall–Kier alpha value is -2.25. The average molecular weight is 291 g/mol. The van der Waals surface area contributed by atoms with Crippen LogP contribution in [0.1, 0.15) is 31.4 Å². The van der Waals surface area contributed by atoms with E-state index >= 15 is 0 Å². The highest BCUT2D eigenvalue weighted by molar-refractivity contribution is 7.09. The second-order valence-corrected chi connectivity index (χ2v) is 5.06. The number of nitrogens with two attached hydrogens (primary N) is 1. The van der Waals surface area contributed by atoms with Crippen molar-refractivity contribution in [2.75, 3.05) is 5.32 Å². The maximum Gasteiger partial charge on any atom is 0.335 e. The Kier molecular flexibility index (Phi) is 4.11. The summed E-state index contributed by atoms with van der Waals surface area (Å²) in [5.74, 6) is -1.34. The van der Waals surface area contributed by atoms with E-state index in [1.54, 1.807) is 18.4 Å². The molecule has 0 aliphatic heterocycles. The Bertz CT molecular complexity index is 667. The number of amides is 1. The van der Waals surface area contributed by atoms with Crippen molar-refractivity contribution in [1.29, 1.82) is 0 Å². The SMILES string of the molecule is Cc1cc(C(=O)O)ccc1NC(=O)c1csc(CN)n1. The molecule has 0 saturated carbocycles. The van der Waals surface area contributed by atoms with Crippen LogP contribution < -0.4 is 11.1 Å². The Morgan fingerprint density at radius 1 is 1.45 bits per heavy atom. The van der Waals surface area contributed by atoms with Crippen molar-refractivity contribution in [2.24, 2.45) is 5.73 Å². The van der Waals surface area contributed by atoms with Crippen molar-refractivity contribution in [1.82, 2.24) is 4.98 Å². The van der Waals surface area contributed by atoms with E-state index in [9.17, 15) is 9.59 Å². The van der Waals surface area contributed by atoms with Crippen LogP contribution >= 0.6 is 11.3 Å². The number of carbonyl (C=O) groups excluding carboxylic acids is 1. The smallest absolute Gasteiger partial charge is 0.335 e. The quantitative estimate of drug-likeness (QED) is 0.797. The number of aromatic carboxylic acids is 1. The highest BCUT2D eigenvalue weighted by Gasteiger charge is 2.12. The van der Waals surface area contributed by atoms with E-state index in [1.807, 2.05) is 0 Å². The van der Waals surface area contributed by atoms with Gasteiger partial charge in [0, 0.05) is 17.6 Å². The van der Waals surface area contributed by atoms with E-state index in [0.29, 0.717) is 28.5 Å². The zero-order valence-electron chi connectivity index (χ0n) is 10.7. The van der Waals surface area contributed by atoms with Crippen molar-refractivity contribution >= 4 is 28.9 Å². The molecular formula is C13H13N3O3S. The molecule has 104 valence electrons. The zero-order valence-corrected chi connectivity index (χ0v) is 11.5. The molecule has 0 atom stereocenters. The lowest BCUT2D eigenvalue weighted by molar-refractivity contribution is 0.0696. The van der Waals surface area contributed by atoms with E-state index in [0.717, 1.165) is 0 Å². The molecule has 1 aromatic carbocycles. The molecule has 4 N–H and O–H groups in total. The number of aryl methyl sites for hydroxylation is 1. The van der Waals surface area contributed by atoms with Crippen LogP contribution in [-0.2, 0) is 6.54 Å². The van der Waals surface area contributed by atoms with Gasteiger partial charge in [-0.3, -0.25) is 4.79 Å². The number of carboxylic acids is 1. The number of carboxylic acid groups (broad SMARTS) is 1. The lowest BCUT2D eigenvalue weighted by Crippen LogP contribution is -2.14. The number of benzene rings is 1. The summed E-state index contributed by atoms with van der Waals surface area (Å²) in [6.45, 7) is 2.03. The molecule has 0 fully saturated rings. The first kappa shape index (κ1) is 14.2. The van der Waals surface area contributed by atoms with Crippen molar-refractivity contribution in [3.05, 3.63) is 45.4 Å². The summed E-state index contributed by atoms with van der Waals surface area (Å²) in [7, 11) is 0. The number of aromatic nitrogens is 1. The third-order valence-corrected chi connectivity index (χ3v) is 3.55. The van der Waals surface area contributed by atoms with Crippen LogP contribution in [0, 0.1) is 6.92 Å². The zero-order chi connectivity index (χ0) is 14.7. The van der Waals surface area contributed by atoms with Crippen LogP contribution in [-0.4, -0.2) is 22.0 Å². The van der Waals surface area contributed by atoms with Gasteiger partial charge in [-0.05, 0) is 30.7 Å². The van der Waals surface area contributed by atoms with Crippen LogP contribution in [0.2, 0.25) is 0 Å². The Labute approximate surface area is 119 Å². The molecule has 0 radical (unpaired) electrons. The average Bonchev–Trinajstić information content (AvgIpc) is 2.89. The van der Waals surface area contributed by atoms with Gasteiger partial charge < -0.3 is 16.2 Å². The van der Waals surface area contributed by atoms with Gasteiger partial charge in [-0.25, -0.2) is 9.78 Å². The number of thiazole rings is 1. The van der Waals surface area contributed by atoms with E-state index in [-0.39, 0.29) is 11.5 Å². The molecule has 1 amide bonds. The highest BCUT2D eigenvalue weighted by Crippen LogP contribution is 2.18. The molecule has 2 rings (SSSR count). The fourth-order valence-corrected chi connectivity index (χ4v) is 2.29. The maximum absolute atomic E-state index is 12.0. The van der Waals surface area contributed by atoms with Gasteiger partial charge in [0.25, 0.3) is 5.91 Å². The molecule has 0 unspecified atom stereocenters. The second-order valence-electron chi connectivity index (χ2n) is 4.12. The molecule has 0 aliphatic carbocycles. The number of carbonyl (C=O) groups is 2. The summed E-state index contributed by atoms with van der Waals surface area (Å²) in [6.07, 6.45) is 0. The Morgan fingerprint density at radius 3 is 2.75 bits per heavy atom. The van der Waals surface area contributed by atoms with E-state index in [1.165, 1.54) is 23.5 Å². The van der Waals surface area contributed by atoms with E-state index < -0.39 is 5.97 Å². The predicted molar refractivity (Wildman–Crippen MR) is 76.1 cm³/mol. The largest absolute Gasteiger partial charge is 0.478 e. The van der Waals surface area contributed by atoms with Gasteiger partial charge in [0.2, 0.25) is 0 Å². The minimum absolute atomic E-state index is 0.180. The van der Waals surface area contributed by atoms with Gasteiger partial charge in [-0.2, -0.15) is 0 Å². The lowest BCUT2D eigenvalue weighted by Gasteiger charge is -2.07. The predicted octanol–water partition coefficient (Wildman–Crippen LogP) is 1.86. The number of nitrogens with one attached hydrogen (secondary N) is 1. The Morgan fingerprint density at radius 2 is 2.20 bits per heavy atom. The first-order valence-electron chi connectivity index (χ1n) is 5.81. The van der Waals surface area contributed by atoms with E-state index in [4.69, 9.17) is 10.8 Å². The molecule has 0 aliphatic rings.